The Kier molecular flexibility index (Phi) is 8.22. The number of fused-ring (bicyclic) bond motifs is 2. The molecule has 0 bridgehead atoms. The van der Waals surface area contributed by atoms with Gasteiger partial charge in [0.15, 0.2) is 11.5 Å². The number of ether oxygens (including phenoxy) is 3. The lowest BCUT2D eigenvalue weighted by Crippen LogP contribution is -2.54. The first kappa shape index (κ1) is 28.4. The second-order valence-electron chi connectivity index (χ2n) is 10.1. The first-order valence-corrected chi connectivity index (χ1v) is 12.6. The number of hydrogen-bond donors (Lipinski definition) is 5. The number of phenolic OH excluding ortho intramolecular Hbond substituents is 2. The van der Waals surface area contributed by atoms with Gasteiger partial charge < -0.3 is 44.2 Å². The standard InChI is InChI=1S/C29H34O10/c1-13(2)6-8-15-17(30)10-19-23(24(15)32)26(34)22-16(9-7-14(3)4)28(36-5)21(11-20(22)38-19)39-29-27(35)25(33)18(31)12-37-29/h6-7,10-11,18,25,27,29-33,35H,8-9,12H2,1-5H3/t18-,25+,27?,29+/m1/s1. The SMILES string of the molecule is COc1c(O[C@@H]2OC[C@@H](O)[C@H](O)C2O)cc2oc3cc(O)c(CC=C(C)C)c(O)c3c(=O)c2c1CC=C(C)C. The molecule has 0 saturated carbocycles. The van der Waals surface area contributed by atoms with Crippen LogP contribution >= 0.6 is 0 Å². The number of allylic oxidation sites excluding steroid dienone is 4. The number of methoxy groups -OCH3 is 1. The Morgan fingerprint density at radius 1 is 0.949 bits per heavy atom. The second-order valence-corrected chi connectivity index (χ2v) is 10.1. The molecule has 2 aromatic carbocycles. The topological polar surface area (TPSA) is 159 Å². The largest absolute Gasteiger partial charge is 0.507 e. The molecule has 4 rings (SSSR count). The smallest absolute Gasteiger partial charge is 0.229 e. The molecule has 10 heteroatoms. The summed E-state index contributed by atoms with van der Waals surface area (Å²) in [6.45, 7) is 7.31. The van der Waals surface area contributed by atoms with Crippen LogP contribution in [-0.2, 0) is 17.6 Å². The van der Waals surface area contributed by atoms with E-state index >= 15 is 0 Å². The second kappa shape index (κ2) is 11.3. The molecule has 1 unspecified atom stereocenters. The van der Waals surface area contributed by atoms with E-state index in [1.807, 2.05) is 39.8 Å². The fraction of sp³-hybridized carbons (Fsp3) is 0.414. The first-order valence-electron chi connectivity index (χ1n) is 12.6. The van der Waals surface area contributed by atoms with Crippen molar-refractivity contribution in [2.24, 2.45) is 0 Å². The minimum atomic E-state index is -1.56. The zero-order chi connectivity index (χ0) is 28.6. The van der Waals surface area contributed by atoms with Crippen LogP contribution in [0.3, 0.4) is 0 Å². The normalized spacial score (nSPS) is 21.1. The van der Waals surface area contributed by atoms with Crippen molar-refractivity contribution in [3.63, 3.8) is 0 Å². The van der Waals surface area contributed by atoms with Crippen molar-refractivity contribution in [2.75, 3.05) is 13.7 Å². The Balaban J connectivity index is 1.98. The van der Waals surface area contributed by atoms with Gasteiger partial charge in [-0.05, 0) is 40.5 Å². The molecule has 1 aliphatic heterocycles. The van der Waals surface area contributed by atoms with Gasteiger partial charge in [-0.1, -0.05) is 23.3 Å². The molecule has 3 aromatic rings. The van der Waals surface area contributed by atoms with Crippen molar-refractivity contribution in [1.82, 2.24) is 0 Å². The highest BCUT2D eigenvalue weighted by Gasteiger charge is 2.39. The maximum atomic E-state index is 13.9. The van der Waals surface area contributed by atoms with Gasteiger partial charge in [0, 0.05) is 23.3 Å². The van der Waals surface area contributed by atoms with Gasteiger partial charge in [0.05, 0.1) is 19.1 Å². The predicted octanol–water partition coefficient (Wildman–Crippen LogP) is 3.20. The van der Waals surface area contributed by atoms with Crippen LogP contribution in [0.2, 0.25) is 0 Å². The van der Waals surface area contributed by atoms with Crippen LogP contribution in [-0.4, -0.2) is 63.9 Å². The maximum absolute atomic E-state index is 13.9. The monoisotopic (exact) mass is 542 g/mol. The zero-order valence-electron chi connectivity index (χ0n) is 22.5. The van der Waals surface area contributed by atoms with Gasteiger partial charge in [0.25, 0.3) is 0 Å². The summed E-state index contributed by atoms with van der Waals surface area (Å²) in [5.41, 5.74) is 2.11. The summed E-state index contributed by atoms with van der Waals surface area (Å²) in [5.74, 6) is -0.352. The number of aliphatic hydroxyl groups is 3. The molecular weight excluding hydrogens is 508 g/mol. The Hall–Kier alpha value is -3.57. The van der Waals surface area contributed by atoms with Gasteiger partial charge in [-0.3, -0.25) is 4.79 Å². The summed E-state index contributed by atoms with van der Waals surface area (Å²) in [7, 11) is 1.40. The van der Waals surface area contributed by atoms with Crippen molar-refractivity contribution in [1.29, 1.82) is 0 Å². The van der Waals surface area contributed by atoms with E-state index in [-0.39, 0.29) is 69.9 Å². The fourth-order valence-corrected chi connectivity index (χ4v) is 4.54. The van der Waals surface area contributed by atoms with Crippen LogP contribution in [0.1, 0.15) is 38.8 Å². The van der Waals surface area contributed by atoms with E-state index in [4.69, 9.17) is 18.6 Å². The average molecular weight is 543 g/mol. The minimum absolute atomic E-state index is 0.0276. The molecule has 0 radical (unpaired) electrons. The van der Waals surface area contributed by atoms with Crippen molar-refractivity contribution < 1.29 is 44.2 Å². The highest BCUT2D eigenvalue weighted by Crippen LogP contribution is 2.42. The van der Waals surface area contributed by atoms with Crippen LogP contribution in [0.5, 0.6) is 23.0 Å². The zero-order valence-corrected chi connectivity index (χ0v) is 22.5. The quantitative estimate of drug-likeness (QED) is 0.222. The van der Waals surface area contributed by atoms with Crippen LogP contribution in [0.25, 0.3) is 21.9 Å². The Labute approximate surface area is 225 Å². The van der Waals surface area contributed by atoms with E-state index in [0.717, 1.165) is 11.1 Å². The predicted molar refractivity (Wildman–Crippen MR) is 145 cm³/mol. The van der Waals surface area contributed by atoms with E-state index in [2.05, 4.69) is 0 Å². The van der Waals surface area contributed by atoms with E-state index in [9.17, 15) is 30.3 Å². The number of aliphatic hydroxyl groups excluding tert-OH is 3. The van der Waals surface area contributed by atoms with E-state index < -0.39 is 30.0 Å². The number of hydrogen-bond acceptors (Lipinski definition) is 10. The molecule has 5 N–H and O–H groups in total. The number of benzene rings is 2. The van der Waals surface area contributed by atoms with Crippen molar-refractivity contribution >= 4 is 21.9 Å². The lowest BCUT2D eigenvalue weighted by molar-refractivity contribution is -0.242. The molecule has 1 aliphatic rings. The van der Waals surface area contributed by atoms with Crippen molar-refractivity contribution in [3.8, 4) is 23.0 Å². The molecule has 1 saturated heterocycles. The highest BCUT2D eigenvalue weighted by atomic mass is 16.7. The molecule has 4 atom stereocenters. The molecule has 2 heterocycles. The molecule has 0 spiro atoms. The van der Waals surface area contributed by atoms with Gasteiger partial charge in [-0.2, -0.15) is 0 Å². The summed E-state index contributed by atoms with van der Waals surface area (Å²) < 4.78 is 23.0. The van der Waals surface area contributed by atoms with E-state index in [1.165, 1.54) is 19.2 Å². The van der Waals surface area contributed by atoms with Gasteiger partial charge >= 0.3 is 0 Å². The first-order chi connectivity index (χ1) is 18.4. The van der Waals surface area contributed by atoms with Crippen molar-refractivity contribution in [2.45, 2.75) is 65.1 Å². The molecule has 10 nitrogen and oxygen atoms in total. The summed E-state index contributed by atoms with van der Waals surface area (Å²) in [6, 6.07) is 2.68. The van der Waals surface area contributed by atoms with Crippen LogP contribution < -0.4 is 14.9 Å². The van der Waals surface area contributed by atoms with Crippen LogP contribution in [0.15, 0.2) is 44.6 Å². The third kappa shape index (κ3) is 5.46. The molecule has 0 aliphatic carbocycles. The highest BCUT2D eigenvalue weighted by molar-refractivity contribution is 5.97. The summed E-state index contributed by atoms with van der Waals surface area (Å²) in [5, 5.41) is 52.0. The molecule has 1 fully saturated rings. The third-order valence-corrected chi connectivity index (χ3v) is 6.66. The minimum Gasteiger partial charge on any atom is -0.507 e. The Bertz CT molecular complexity index is 1510. The average Bonchev–Trinajstić information content (AvgIpc) is 2.86. The number of phenols is 2. The number of rotatable bonds is 7. The summed E-state index contributed by atoms with van der Waals surface area (Å²) in [4.78, 5) is 13.9. The lowest BCUT2D eigenvalue weighted by atomic mass is 9.98. The summed E-state index contributed by atoms with van der Waals surface area (Å²) >= 11 is 0. The van der Waals surface area contributed by atoms with Gasteiger partial charge in [0.1, 0.15) is 46.4 Å². The van der Waals surface area contributed by atoms with Gasteiger partial charge in [-0.25, -0.2) is 0 Å². The molecular formula is C29H34O10. The maximum Gasteiger partial charge on any atom is 0.229 e. The van der Waals surface area contributed by atoms with E-state index in [1.54, 1.807) is 0 Å². The molecule has 0 amide bonds. The van der Waals surface area contributed by atoms with Gasteiger partial charge in [-0.15, -0.1) is 0 Å². The Morgan fingerprint density at radius 2 is 1.56 bits per heavy atom. The summed E-state index contributed by atoms with van der Waals surface area (Å²) in [6.07, 6.45) is -1.50. The Morgan fingerprint density at radius 3 is 2.18 bits per heavy atom. The number of aromatic hydroxyl groups is 2. The van der Waals surface area contributed by atoms with Crippen molar-refractivity contribution in [3.05, 3.63) is 56.8 Å². The molecule has 39 heavy (non-hydrogen) atoms. The van der Waals surface area contributed by atoms with Crippen LogP contribution in [0.4, 0.5) is 0 Å². The van der Waals surface area contributed by atoms with Crippen LogP contribution in [0, 0.1) is 0 Å². The van der Waals surface area contributed by atoms with Gasteiger partial charge in [0.2, 0.25) is 11.7 Å². The third-order valence-electron chi connectivity index (χ3n) is 6.66. The fourth-order valence-electron chi connectivity index (χ4n) is 4.54. The lowest BCUT2D eigenvalue weighted by Gasteiger charge is -2.35. The molecule has 210 valence electrons. The molecule has 1 aromatic heterocycles. The van der Waals surface area contributed by atoms with E-state index in [0.29, 0.717) is 5.56 Å².